The predicted octanol–water partition coefficient (Wildman–Crippen LogP) is 5.07. The van der Waals surface area contributed by atoms with E-state index >= 15 is 0 Å². The first-order valence-electron chi connectivity index (χ1n) is 9.34. The lowest BCUT2D eigenvalue weighted by atomic mass is 10.1. The Bertz CT molecular complexity index is 820. The second-order valence-corrected chi connectivity index (χ2v) is 7.72. The van der Waals surface area contributed by atoms with Crippen LogP contribution in [0.4, 0.5) is 0 Å². The van der Waals surface area contributed by atoms with Gasteiger partial charge in [-0.15, -0.1) is 0 Å². The molecule has 2 amide bonds. The lowest BCUT2D eigenvalue weighted by molar-refractivity contribution is -0.131. The van der Waals surface area contributed by atoms with Crippen molar-refractivity contribution < 1.29 is 9.59 Å². The number of rotatable bonds is 8. The fourth-order valence-electron chi connectivity index (χ4n) is 2.90. The fourth-order valence-corrected chi connectivity index (χ4v) is 3.23. The molecule has 2 rings (SSSR count). The molecule has 0 atom stereocenters. The van der Waals surface area contributed by atoms with Gasteiger partial charge < -0.3 is 9.80 Å². The van der Waals surface area contributed by atoms with E-state index in [1.165, 1.54) is 0 Å². The van der Waals surface area contributed by atoms with Crippen molar-refractivity contribution in [2.45, 2.75) is 32.7 Å². The zero-order valence-corrected chi connectivity index (χ0v) is 18.1. The molecule has 0 aromatic heterocycles. The molecule has 0 bridgehead atoms. The van der Waals surface area contributed by atoms with Crippen molar-refractivity contribution in [3.63, 3.8) is 0 Å². The van der Waals surface area contributed by atoms with E-state index < -0.39 is 0 Å². The molecule has 2 aromatic rings. The Kier molecular flexibility index (Phi) is 8.34. The number of carbonyl (C=O) groups is 2. The highest BCUT2D eigenvalue weighted by Crippen LogP contribution is 2.23. The van der Waals surface area contributed by atoms with Gasteiger partial charge in [0.2, 0.25) is 5.91 Å². The largest absolute Gasteiger partial charge is 0.345 e. The molecule has 0 spiro atoms. The van der Waals surface area contributed by atoms with Gasteiger partial charge in [-0.05, 0) is 55.2 Å². The number of aryl methyl sites for hydroxylation is 1. The summed E-state index contributed by atoms with van der Waals surface area (Å²) in [5.74, 6) is 0.0910. The van der Waals surface area contributed by atoms with E-state index in [1.54, 1.807) is 37.2 Å². The molecule has 0 heterocycles. The first-order valence-corrected chi connectivity index (χ1v) is 10.1. The van der Waals surface area contributed by atoms with Crippen molar-refractivity contribution in [1.82, 2.24) is 9.80 Å². The Morgan fingerprint density at radius 2 is 1.57 bits per heavy atom. The van der Waals surface area contributed by atoms with Crippen LogP contribution in [-0.4, -0.2) is 42.3 Å². The summed E-state index contributed by atoms with van der Waals surface area (Å²) in [6, 6.07) is 13.0. The average molecular weight is 421 g/mol. The van der Waals surface area contributed by atoms with E-state index in [4.69, 9.17) is 23.2 Å². The van der Waals surface area contributed by atoms with Crippen molar-refractivity contribution in [2.75, 3.05) is 20.6 Å². The van der Waals surface area contributed by atoms with Crippen molar-refractivity contribution >= 4 is 35.0 Å². The molecule has 0 saturated carbocycles. The fraction of sp³-hybridized carbons (Fsp3) is 0.364. The summed E-state index contributed by atoms with van der Waals surface area (Å²) in [4.78, 5) is 27.9. The molecule has 0 radical (unpaired) electrons. The van der Waals surface area contributed by atoms with Crippen molar-refractivity contribution in [2.24, 2.45) is 0 Å². The van der Waals surface area contributed by atoms with Crippen LogP contribution in [0, 0.1) is 0 Å². The van der Waals surface area contributed by atoms with Gasteiger partial charge in [-0.2, -0.15) is 0 Å². The Balaban J connectivity index is 1.88. The Morgan fingerprint density at radius 3 is 2.14 bits per heavy atom. The van der Waals surface area contributed by atoms with E-state index in [1.807, 2.05) is 36.1 Å². The smallest absolute Gasteiger partial charge is 0.253 e. The zero-order chi connectivity index (χ0) is 20.7. The first kappa shape index (κ1) is 22.3. The highest BCUT2D eigenvalue weighted by Gasteiger charge is 2.13. The van der Waals surface area contributed by atoms with Gasteiger partial charge in [0.05, 0.1) is 10.0 Å². The van der Waals surface area contributed by atoms with Crippen LogP contribution < -0.4 is 0 Å². The molecule has 6 heteroatoms. The molecular formula is C22H26Cl2N2O2. The van der Waals surface area contributed by atoms with Gasteiger partial charge in [0.1, 0.15) is 0 Å². The molecule has 0 N–H and O–H groups in total. The molecule has 2 aromatic carbocycles. The summed E-state index contributed by atoms with van der Waals surface area (Å²) in [7, 11) is 3.46. The second kappa shape index (κ2) is 10.5. The number of carbonyl (C=O) groups excluding carboxylic acids is 2. The third-order valence-corrected chi connectivity index (χ3v) is 5.29. The number of hydrogen-bond donors (Lipinski definition) is 0. The predicted molar refractivity (Wildman–Crippen MR) is 115 cm³/mol. The van der Waals surface area contributed by atoms with Gasteiger partial charge in [-0.3, -0.25) is 9.59 Å². The molecule has 0 aliphatic carbocycles. The van der Waals surface area contributed by atoms with Gasteiger partial charge in [0.15, 0.2) is 0 Å². The van der Waals surface area contributed by atoms with E-state index in [0.717, 1.165) is 24.0 Å². The van der Waals surface area contributed by atoms with Crippen LogP contribution in [0.5, 0.6) is 0 Å². The van der Waals surface area contributed by atoms with Gasteiger partial charge >= 0.3 is 0 Å². The lowest BCUT2D eigenvalue weighted by Crippen LogP contribution is -2.30. The number of amides is 2. The van der Waals surface area contributed by atoms with Crippen LogP contribution in [0.3, 0.4) is 0 Å². The number of benzene rings is 2. The van der Waals surface area contributed by atoms with Crippen molar-refractivity contribution in [3.8, 4) is 0 Å². The summed E-state index contributed by atoms with van der Waals surface area (Å²) in [5.41, 5.74) is 2.73. The maximum Gasteiger partial charge on any atom is 0.253 e. The number of nitrogens with zero attached hydrogens (tertiary/aromatic N) is 2. The summed E-state index contributed by atoms with van der Waals surface area (Å²) in [6.45, 7) is 3.16. The monoisotopic (exact) mass is 420 g/mol. The number of halogens is 2. The van der Waals surface area contributed by atoms with Crippen molar-refractivity contribution in [3.05, 3.63) is 69.2 Å². The molecule has 0 unspecified atom stereocenters. The van der Waals surface area contributed by atoms with Gasteiger partial charge in [0.25, 0.3) is 5.91 Å². The second-order valence-electron chi connectivity index (χ2n) is 6.91. The maximum absolute atomic E-state index is 12.6. The topological polar surface area (TPSA) is 40.6 Å². The van der Waals surface area contributed by atoms with E-state index in [0.29, 0.717) is 35.1 Å². The SMILES string of the molecule is CCN(Cc1ccc(C(=O)N(C)C)cc1)C(=O)CCCc1ccc(Cl)c(Cl)c1. The summed E-state index contributed by atoms with van der Waals surface area (Å²) in [6.07, 6.45) is 2.01. The van der Waals surface area contributed by atoms with Gasteiger partial charge in [-0.1, -0.05) is 41.4 Å². The standard InChI is InChI=1S/C22H26Cl2N2O2/c1-4-26(15-17-8-11-18(12-9-17)22(28)25(2)3)21(27)7-5-6-16-10-13-19(23)20(24)14-16/h8-14H,4-7,15H2,1-3H3. The van der Waals surface area contributed by atoms with Gasteiger partial charge in [0, 0.05) is 39.2 Å². The number of hydrogen-bond acceptors (Lipinski definition) is 2. The normalized spacial score (nSPS) is 10.6. The third kappa shape index (κ3) is 6.25. The molecule has 0 aliphatic rings. The first-order chi connectivity index (χ1) is 13.3. The van der Waals surface area contributed by atoms with Crippen LogP contribution in [0.1, 0.15) is 41.3 Å². The minimum atomic E-state index is -0.0303. The third-order valence-electron chi connectivity index (χ3n) is 4.56. The Labute approximate surface area is 177 Å². The lowest BCUT2D eigenvalue weighted by Gasteiger charge is -2.21. The van der Waals surface area contributed by atoms with Crippen LogP contribution in [0.2, 0.25) is 10.0 Å². The quantitative estimate of drug-likeness (QED) is 0.598. The summed E-state index contributed by atoms with van der Waals surface area (Å²) < 4.78 is 0. The van der Waals surface area contributed by atoms with Crippen LogP contribution in [0.25, 0.3) is 0 Å². The summed E-state index contributed by atoms with van der Waals surface area (Å²) in [5, 5.41) is 1.08. The van der Waals surface area contributed by atoms with Crippen molar-refractivity contribution in [1.29, 1.82) is 0 Å². The molecule has 150 valence electrons. The molecule has 4 nitrogen and oxygen atoms in total. The highest BCUT2D eigenvalue weighted by molar-refractivity contribution is 6.42. The summed E-state index contributed by atoms with van der Waals surface area (Å²) >= 11 is 12.0. The highest BCUT2D eigenvalue weighted by atomic mass is 35.5. The van der Waals surface area contributed by atoms with E-state index in [-0.39, 0.29) is 11.8 Å². The van der Waals surface area contributed by atoms with Crippen LogP contribution in [-0.2, 0) is 17.8 Å². The van der Waals surface area contributed by atoms with Crippen LogP contribution >= 0.6 is 23.2 Å². The average Bonchev–Trinajstić information content (AvgIpc) is 2.68. The minimum Gasteiger partial charge on any atom is -0.345 e. The Morgan fingerprint density at radius 1 is 0.929 bits per heavy atom. The molecule has 0 fully saturated rings. The minimum absolute atomic E-state index is 0.0303. The van der Waals surface area contributed by atoms with E-state index in [2.05, 4.69) is 0 Å². The maximum atomic E-state index is 12.6. The zero-order valence-electron chi connectivity index (χ0n) is 16.5. The molecule has 0 aliphatic heterocycles. The molecular weight excluding hydrogens is 395 g/mol. The van der Waals surface area contributed by atoms with Gasteiger partial charge in [-0.25, -0.2) is 0 Å². The molecule has 28 heavy (non-hydrogen) atoms. The molecule has 0 saturated heterocycles. The van der Waals surface area contributed by atoms with Crippen LogP contribution in [0.15, 0.2) is 42.5 Å². The van der Waals surface area contributed by atoms with E-state index in [9.17, 15) is 9.59 Å². The Hall–Kier alpha value is -2.04.